The van der Waals surface area contributed by atoms with Gasteiger partial charge in [0.1, 0.15) is 17.9 Å². The van der Waals surface area contributed by atoms with Crippen molar-refractivity contribution < 1.29 is 27.2 Å². The molecule has 2 atom stereocenters. The Labute approximate surface area is 179 Å². The molecule has 2 aromatic rings. The molecule has 0 radical (unpaired) electrons. The van der Waals surface area contributed by atoms with E-state index < -0.39 is 45.8 Å². The van der Waals surface area contributed by atoms with Gasteiger partial charge in [-0.05, 0) is 38.3 Å². The number of hydrogen-bond donors (Lipinski definition) is 1. The van der Waals surface area contributed by atoms with E-state index in [1.54, 1.807) is 24.0 Å². The van der Waals surface area contributed by atoms with Gasteiger partial charge >= 0.3 is 6.03 Å². The number of hydrogen-bond acceptors (Lipinski definition) is 6. The van der Waals surface area contributed by atoms with E-state index in [0.717, 1.165) is 23.1 Å². The first-order valence-electron chi connectivity index (χ1n) is 10.3. The lowest BCUT2D eigenvalue weighted by atomic mass is 9.99. The molecule has 1 saturated carbocycles. The molecule has 9 nitrogen and oxygen atoms in total. The van der Waals surface area contributed by atoms with Crippen molar-refractivity contribution in [2.24, 2.45) is 0 Å². The summed E-state index contributed by atoms with van der Waals surface area (Å²) in [7, 11) is -3.16. The van der Waals surface area contributed by atoms with Crippen molar-refractivity contribution in [2.75, 3.05) is 18.1 Å². The van der Waals surface area contributed by atoms with Crippen molar-refractivity contribution in [3.8, 4) is 0 Å². The van der Waals surface area contributed by atoms with Crippen molar-refractivity contribution in [2.45, 2.75) is 43.8 Å². The number of rotatable bonds is 5. The van der Waals surface area contributed by atoms with E-state index in [1.807, 2.05) is 18.2 Å². The predicted octanol–water partition coefficient (Wildman–Crippen LogP) is 1.38. The third-order valence-corrected chi connectivity index (χ3v) is 8.07. The zero-order valence-electron chi connectivity index (χ0n) is 17.0. The summed E-state index contributed by atoms with van der Waals surface area (Å²) in [5.41, 5.74) is -0.824. The molecule has 31 heavy (non-hydrogen) atoms. The second kappa shape index (κ2) is 6.81. The molecule has 3 fully saturated rings. The van der Waals surface area contributed by atoms with Gasteiger partial charge in [-0.15, -0.1) is 0 Å². The van der Waals surface area contributed by atoms with Crippen molar-refractivity contribution >= 4 is 38.7 Å². The van der Waals surface area contributed by atoms with Crippen LogP contribution in [0.4, 0.5) is 4.79 Å². The van der Waals surface area contributed by atoms with E-state index in [-0.39, 0.29) is 17.5 Å². The molecule has 2 aliphatic heterocycles. The normalized spacial score (nSPS) is 27.6. The van der Waals surface area contributed by atoms with Crippen LogP contribution in [-0.4, -0.2) is 66.2 Å². The monoisotopic (exact) mass is 445 g/mol. The molecule has 1 aromatic carbocycles. The molecule has 10 heteroatoms. The van der Waals surface area contributed by atoms with Gasteiger partial charge in [0.25, 0.3) is 5.91 Å². The van der Waals surface area contributed by atoms with Gasteiger partial charge in [0.2, 0.25) is 5.91 Å². The molecule has 1 N–H and O–H groups in total. The average molecular weight is 445 g/mol. The molecule has 0 spiro atoms. The van der Waals surface area contributed by atoms with E-state index >= 15 is 0 Å². The molecule has 5 rings (SSSR count). The summed E-state index contributed by atoms with van der Waals surface area (Å²) in [5, 5.41) is 3.46. The van der Waals surface area contributed by atoms with Crippen LogP contribution in [0.3, 0.4) is 0 Å². The largest absolute Gasteiger partial charge is 0.458 e. The number of amides is 4. The smallest absolute Gasteiger partial charge is 0.325 e. The van der Waals surface area contributed by atoms with Gasteiger partial charge < -0.3 is 14.6 Å². The molecule has 2 saturated heterocycles. The maximum absolute atomic E-state index is 13.2. The van der Waals surface area contributed by atoms with Gasteiger partial charge in [0, 0.05) is 17.5 Å². The van der Waals surface area contributed by atoms with Gasteiger partial charge in [0.15, 0.2) is 15.4 Å². The van der Waals surface area contributed by atoms with Gasteiger partial charge in [-0.2, -0.15) is 0 Å². The van der Waals surface area contributed by atoms with Gasteiger partial charge in [-0.25, -0.2) is 13.2 Å². The molecule has 4 amide bonds. The van der Waals surface area contributed by atoms with Crippen LogP contribution in [0.15, 0.2) is 34.7 Å². The van der Waals surface area contributed by atoms with Crippen LogP contribution in [0.2, 0.25) is 0 Å². The minimum atomic E-state index is -3.16. The summed E-state index contributed by atoms with van der Waals surface area (Å²) in [5.74, 6) is -0.683. The van der Waals surface area contributed by atoms with Crippen LogP contribution in [0.25, 0.3) is 11.0 Å². The first-order valence-corrected chi connectivity index (χ1v) is 12.1. The fraction of sp³-hybridized carbons (Fsp3) is 0.476. The van der Waals surface area contributed by atoms with E-state index in [0.29, 0.717) is 17.8 Å². The Kier molecular flexibility index (Phi) is 4.40. The van der Waals surface area contributed by atoms with Crippen LogP contribution in [0.1, 0.15) is 31.9 Å². The molecule has 3 heterocycles. The number of para-hydroxylation sites is 1. The number of benzene rings is 1. The summed E-state index contributed by atoms with van der Waals surface area (Å²) in [6.45, 7) is 1.13. The highest BCUT2D eigenvalue weighted by molar-refractivity contribution is 7.91. The summed E-state index contributed by atoms with van der Waals surface area (Å²) in [4.78, 5) is 41.4. The Morgan fingerprint density at radius 3 is 2.61 bits per heavy atom. The van der Waals surface area contributed by atoms with E-state index in [9.17, 15) is 22.8 Å². The van der Waals surface area contributed by atoms with Crippen molar-refractivity contribution in [3.63, 3.8) is 0 Å². The molecule has 1 aliphatic carbocycles. The Morgan fingerprint density at radius 1 is 1.23 bits per heavy atom. The molecular formula is C21H23N3O6S. The number of urea groups is 1. The van der Waals surface area contributed by atoms with Crippen LogP contribution >= 0.6 is 0 Å². The van der Waals surface area contributed by atoms with Gasteiger partial charge in [-0.1, -0.05) is 18.2 Å². The number of carbonyl (C=O) groups is 3. The molecular weight excluding hydrogens is 422 g/mol. The summed E-state index contributed by atoms with van der Waals surface area (Å²) >= 11 is 0. The zero-order chi connectivity index (χ0) is 22.0. The number of furan rings is 1. The zero-order valence-corrected chi connectivity index (χ0v) is 17.9. The SMILES string of the molecule is CC1(c2cc3ccccc3o2)NC(=O)N(CC(=O)N(C2CC2)C2CCS(=O)(=O)C2)C1=O. The first-order chi connectivity index (χ1) is 14.7. The van der Waals surface area contributed by atoms with E-state index in [1.165, 1.54) is 0 Å². The lowest BCUT2D eigenvalue weighted by Crippen LogP contribution is -2.49. The Balaban J connectivity index is 1.37. The second-order valence-electron chi connectivity index (χ2n) is 8.68. The average Bonchev–Trinajstić information content (AvgIpc) is 3.26. The number of sulfone groups is 1. The number of nitrogens with one attached hydrogen (secondary N) is 1. The van der Waals surface area contributed by atoms with Crippen molar-refractivity contribution in [1.82, 2.24) is 15.1 Å². The third kappa shape index (κ3) is 3.38. The second-order valence-corrected chi connectivity index (χ2v) is 10.9. The molecule has 3 aliphatic rings. The van der Waals surface area contributed by atoms with Gasteiger partial charge in [-0.3, -0.25) is 14.5 Å². The van der Waals surface area contributed by atoms with Crippen molar-refractivity contribution in [3.05, 3.63) is 36.1 Å². The third-order valence-electron chi connectivity index (χ3n) is 6.32. The fourth-order valence-electron chi connectivity index (χ4n) is 4.51. The number of fused-ring (bicyclic) bond motifs is 1. The predicted molar refractivity (Wildman–Crippen MR) is 111 cm³/mol. The highest BCUT2D eigenvalue weighted by Gasteiger charge is 2.53. The summed E-state index contributed by atoms with van der Waals surface area (Å²) in [6, 6.07) is 7.90. The Bertz CT molecular complexity index is 1170. The number of carbonyl (C=O) groups excluding carboxylic acids is 3. The lowest BCUT2D eigenvalue weighted by molar-refractivity contribution is -0.140. The van der Waals surface area contributed by atoms with E-state index in [4.69, 9.17) is 4.42 Å². The topological polar surface area (TPSA) is 117 Å². The summed E-state index contributed by atoms with van der Waals surface area (Å²) in [6.07, 6.45) is 2.00. The number of nitrogens with zero attached hydrogens (tertiary/aromatic N) is 2. The van der Waals surface area contributed by atoms with Crippen LogP contribution in [-0.2, 0) is 25.0 Å². The molecule has 1 aromatic heterocycles. The van der Waals surface area contributed by atoms with Crippen molar-refractivity contribution in [1.29, 1.82) is 0 Å². The van der Waals surface area contributed by atoms with E-state index in [2.05, 4.69) is 5.32 Å². The maximum Gasteiger partial charge on any atom is 0.325 e. The highest BCUT2D eigenvalue weighted by atomic mass is 32.2. The number of imide groups is 1. The Morgan fingerprint density at radius 2 is 1.97 bits per heavy atom. The summed E-state index contributed by atoms with van der Waals surface area (Å²) < 4.78 is 29.6. The Hall–Kier alpha value is -2.88. The first kappa shape index (κ1) is 20.0. The fourth-order valence-corrected chi connectivity index (χ4v) is 6.22. The maximum atomic E-state index is 13.2. The lowest BCUT2D eigenvalue weighted by Gasteiger charge is -2.29. The minimum absolute atomic E-state index is 0.0201. The quantitative estimate of drug-likeness (QED) is 0.695. The minimum Gasteiger partial charge on any atom is -0.458 e. The standard InChI is InChI=1S/C21H23N3O6S/c1-21(17-10-13-4-2-3-5-16(13)30-17)19(26)23(20(27)22-21)11-18(25)24(14-6-7-14)15-8-9-31(28,29)12-15/h2-5,10,14-15H,6-9,11-12H2,1H3,(H,22,27). The molecule has 2 unspecified atom stereocenters. The highest BCUT2D eigenvalue weighted by Crippen LogP contribution is 2.35. The van der Waals surface area contributed by atoms with Crippen LogP contribution in [0.5, 0.6) is 0 Å². The van der Waals surface area contributed by atoms with Gasteiger partial charge in [0.05, 0.1) is 11.5 Å². The molecule has 0 bridgehead atoms. The van der Waals surface area contributed by atoms with Crippen LogP contribution in [0, 0.1) is 0 Å². The van der Waals surface area contributed by atoms with Crippen LogP contribution < -0.4 is 5.32 Å². The molecule has 164 valence electrons.